The van der Waals surface area contributed by atoms with E-state index in [2.05, 4.69) is 29.2 Å². The molecule has 1 aliphatic rings. The van der Waals surface area contributed by atoms with Crippen LogP contribution in [-0.4, -0.2) is 35.2 Å². The van der Waals surface area contributed by atoms with Gasteiger partial charge in [-0.2, -0.15) is 0 Å². The molecule has 3 rings (SSSR count). The summed E-state index contributed by atoms with van der Waals surface area (Å²) < 4.78 is 5.47. The lowest BCUT2D eigenvalue weighted by molar-refractivity contribution is 0.0803. The third kappa shape index (κ3) is 2.76. The van der Waals surface area contributed by atoms with Gasteiger partial charge in [0.1, 0.15) is 0 Å². The molecule has 20 heavy (non-hydrogen) atoms. The van der Waals surface area contributed by atoms with Gasteiger partial charge in [0, 0.05) is 43.3 Å². The van der Waals surface area contributed by atoms with Crippen molar-refractivity contribution in [2.24, 2.45) is 0 Å². The van der Waals surface area contributed by atoms with E-state index in [1.165, 1.54) is 0 Å². The second kappa shape index (κ2) is 5.38. The number of rotatable bonds is 3. The maximum absolute atomic E-state index is 5.47. The second-order valence-corrected chi connectivity index (χ2v) is 5.96. The van der Waals surface area contributed by atoms with Crippen LogP contribution in [0.1, 0.15) is 19.5 Å². The standard InChI is InChI=1S/C16H21N3O/c1-16(2)12-17-8-9-19(16)11-14-10-15(20-18-14)13-6-4-3-5-7-13/h3-7,10,17H,8-9,11-12H2,1-2H3. The first-order chi connectivity index (χ1) is 9.65. The summed E-state index contributed by atoms with van der Waals surface area (Å²) in [7, 11) is 0. The van der Waals surface area contributed by atoms with Crippen LogP contribution in [0.4, 0.5) is 0 Å². The van der Waals surface area contributed by atoms with Crippen LogP contribution < -0.4 is 5.32 Å². The minimum atomic E-state index is 0.157. The average Bonchev–Trinajstić information content (AvgIpc) is 2.91. The fourth-order valence-electron chi connectivity index (χ4n) is 2.64. The summed E-state index contributed by atoms with van der Waals surface area (Å²) in [5.74, 6) is 0.841. The molecule has 0 radical (unpaired) electrons. The van der Waals surface area contributed by atoms with Crippen molar-refractivity contribution in [1.29, 1.82) is 0 Å². The highest BCUT2D eigenvalue weighted by molar-refractivity contribution is 5.56. The van der Waals surface area contributed by atoms with Crippen LogP contribution in [0.3, 0.4) is 0 Å². The Balaban J connectivity index is 1.74. The minimum absolute atomic E-state index is 0.157. The lowest BCUT2D eigenvalue weighted by atomic mass is 10.00. The quantitative estimate of drug-likeness (QED) is 0.931. The Hall–Kier alpha value is -1.65. The molecule has 0 bridgehead atoms. The van der Waals surface area contributed by atoms with Gasteiger partial charge in [-0.15, -0.1) is 0 Å². The molecule has 4 nitrogen and oxygen atoms in total. The molecular weight excluding hydrogens is 250 g/mol. The summed E-state index contributed by atoms with van der Waals surface area (Å²) >= 11 is 0. The zero-order valence-corrected chi connectivity index (χ0v) is 12.1. The van der Waals surface area contributed by atoms with Crippen LogP contribution in [0.25, 0.3) is 11.3 Å². The first-order valence-corrected chi connectivity index (χ1v) is 7.12. The number of nitrogens with one attached hydrogen (secondary N) is 1. The summed E-state index contributed by atoms with van der Waals surface area (Å²) in [6, 6.07) is 12.2. The molecule has 0 aliphatic carbocycles. The van der Waals surface area contributed by atoms with Crippen molar-refractivity contribution in [2.45, 2.75) is 25.9 Å². The predicted molar refractivity (Wildman–Crippen MR) is 79.3 cm³/mol. The van der Waals surface area contributed by atoms with E-state index in [1.807, 2.05) is 36.4 Å². The molecular formula is C16H21N3O. The Labute approximate surface area is 119 Å². The summed E-state index contributed by atoms with van der Waals surface area (Å²) in [4.78, 5) is 2.45. The van der Waals surface area contributed by atoms with E-state index < -0.39 is 0 Å². The molecule has 1 aliphatic heterocycles. The van der Waals surface area contributed by atoms with E-state index in [1.54, 1.807) is 0 Å². The molecule has 106 valence electrons. The Morgan fingerprint density at radius 1 is 1.30 bits per heavy atom. The highest BCUT2D eigenvalue weighted by Crippen LogP contribution is 2.23. The van der Waals surface area contributed by atoms with Crippen LogP contribution in [0.15, 0.2) is 40.9 Å². The normalized spacial score (nSPS) is 19.1. The third-order valence-electron chi connectivity index (χ3n) is 3.94. The first-order valence-electron chi connectivity index (χ1n) is 7.12. The van der Waals surface area contributed by atoms with Crippen LogP contribution in [0, 0.1) is 0 Å². The van der Waals surface area contributed by atoms with Crippen molar-refractivity contribution >= 4 is 0 Å². The zero-order valence-electron chi connectivity index (χ0n) is 12.1. The van der Waals surface area contributed by atoms with Crippen LogP contribution in [0.2, 0.25) is 0 Å². The number of aromatic nitrogens is 1. The average molecular weight is 271 g/mol. The van der Waals surface area contributed by atoms with Gasteiger partial charge in [-0.3, -0.25) is 4.90 Å². The molecule has 1 aromatic carbocycles. The summed E-state index contributed by atoms with van der Waals surface area (Å²) in [6.45, 7) is 8.45. The third-order valence-corrected chi connectivity index (χ3v) is 3.94. The maximum atomic E-state index is 5.47. The molecule has 1 saturated heterocycles. The van der Waals surface area contributed by atoms with Crippen molar-refractivity contribution < 1.29 is 4.52 Å². The van der Waals surface area contributed by atoms with Crippen molar-refractivity contribution in [3.8, 4) is 11.3 Å². The predicted octanol–water partition coefficient (Wildman–Crippen LogP) is 2.53. The summed E-state index contributed by atoms with van der Waals surface area (Å²) in [5.41, 5.74) is 2.23. The first kappa shape index (κ1) is 13.3. The zero-order chi connectivity index (χ0) is 14.0. The van der Waals surface area contributed by atoms with Gasteiger partial charge in [-0.1, -0.05) is 35.5 Å². The van der Waals surface area contributed by atoms with E-state index in [4.69, 9.17) is 4.52 Å². The molecule has 2 aromatic rings. The summed E-state index contributed by atoms with van der Waals surface area (Å²) in [5, 5.41) is 7.65. The van der Waals surface area contributed by atoms with Crippen LogP contribution >= 0.6 is 0 Å². The molecule has 1 aromatic heterocycles. The van der Waals surface area contributed by atoms with Gasteiger partial charge in [-0.25, -0.2) is 0 Å². The maximum Gasteiger partial charge on any atom is 0.167 e. The molecule has 0 unspecified atom stereocenters. The lowest BCUT2D eigenvalue weighted by Crippen LogP contribution is -2.57. The van der Waals surface area contributed by atoms with E-state index in [0.29, 0.717) is 0 Å². The highest BCUT2D eigenvalue weighted by Gasteiger charge is 2.30. The topological polar surface area (TPSA) is 41.3 Å². The lowest BCUT2D eigenvalue weighted by Gasteiger charge is -2.42. The van der Waals surface area contributed by atoms with Crippen LogP contribution in [0.5, 0.6) is 0 Å². The van der Waals surface area contributed by atoms with Crippen molar-refractivity contribution in [2.75, 3.05) is 19.6 Å². The monoisotopic (exact) mass is 271 g/mol. The van der Waals surface area contributed by atoms with Crippen LogP contribution in [-0.2, 0) is 6.54 Å². The minimum Gasteiger partial charge on any atom is -0.356 e. The van der Waals surface area contributed by atoms with Gasteiger partial charge in [-0.05, 0) is 13.8 Å². The molecule has 0 saturated carbocycles. The number of hydrogen-bond acceptors (Lipinski definition) is 4. The van der Waals surface area contributed by atoms with Crippen molar-refractivity contribution in [3.05, 3.63) is 42.1 Å². The Morgan fingerprint density at radius 3 is 2.85 bits per heavy atom. The van der Waals surface area contributed by atoms with Gasteiger partial charge < -0.3 is 9.84 Å². The van der Waals surface area contributed by atoms with E-state index in [9.17, 15) is 0 Å². The molecule has 4 heteroatoms. The Morgan fingerprint density at radius 2 is 2.10 bits per heavy atom. The van der Waals surface area contributed by atoms with Crippen molar-refractivity contribution in [1.82, 2.24) is 15.4 Å². The Kier molecular flexibility index (Phi) is 3.59. The smallest absolute Gasteiger partial charge is 0.167 e. The second-order valence-electron chi connectivity index (χ2n) is 5.96. The fraction of sp³-hybridized carbons (Fsp3) is 0.438. The van der Waals surface area contributed by atoms with Gasteiger partial charge >= 0.3 is 0 Å². The SMILES string of the molecule is CC1(C)CNCCN1Cc1cc(-c2ccccc2)on1. The van der Waals surface area contributed by atoms with E-state index in [0.717, 1.165) is 43.2 Å². The van der Waals surface area contributed by atoms with Gasteiger partial charge in [0.25, 0.3) is 0 Å². The Bertz CT molecular complexity index is 562. The molecule has 0 amide bonds. The van der Waals surface area contributed by atoms with Gasteiger partial charge in [0.2, 0.25) is 0 Å². The number of piperazine rings is 1. The van der Waals surface area contributed by atoms with Gasteiger partial charge in [0.05, 0.1) is 5.69 Å². The molecule has 1 fully saturated rings. The highest BCUT2D eigenvalue weighted by atomic mass is 16.5. The number of hydrogen-bond donors (Lipinski definition) is 1. The molecule has 2 heterocycles. The molecule has 0 atom stereocenters. The fourth-order valence-corrected chi connectivity index (χ4v) is 2.64. The van der Waals surface area contributed by atoms with Crippen molar-refractivity contribution in [3.63, 3.8) is 0 Å². The van der Waals surface area contributed by atoms with E-state index in [-0.39, 0.29) is 5.54 Å². The molecule has 0 spiro atoms. The van der Waals surface area contributed by atoms with E-state index >= 15 is 0 Å². The molecule has 1 N–H and O–H groups in total. The van der Waals surface area contributed by atoms with Gasteiger partial charge in [0.15, 0.2) is 5.76 Å². The largest absolute Gasteiger partial charge is 0.356 e. The summed E-state index contributed by atoms with van der Waals surface area (Å²) in [6.07, 6.45) is 0. The number of benzene rings is 1. The number of nitrogens with zero attached hydrogens (tertiary/aromatic N) is 2.